The number of nitrogens with zero attached hydrogens (tertiary/aromatic N) is 1. The second-order valence-electron chi connectivity index (χ2n) is 13.1. The average molecular weight is 366 g/mol. The number of allylic oxidation sites excluding steroid dienone is 1. The molecule has 0 radical (unpaired) electrons. The Bertz CT molecular complexity index is 501. The minimum absolute atomic E-state index is 0.0577. The van der Waals surface area contributed by atoms with Gasteiger partial charge in [0.25, 0.3) is 0 Å². The summed E-state index contributed by atoms with van der Waals surface area (Å²) in [5, 5.41) is 0. The molecule has 156 valence electrons. The van der Waals surface area contributed by atoms with Crippen LogP contribution in [-0.4, -0.2) is 17.5 Å². The third kappa shape index (κ3) is 5.08. The monoisotopic (exact) mass is 365 g/mol. The fraction of sp³-hybridized carbons (Fsp3) is 0.920. The molecule has 0 amide bonds. The molecule has 1 heteroatoms. The predicted molar refractivity (Wildman–Crippen MR) is 120 cm³/mol. The van der Waals surface area contributed by atoms with Crippen molar-refractivity contribution in [3.63, 3.8) is 0 Å². The fourth-order valence-corrected chi connectivity index (χ4v) is 3.49. The van der Waals surface area contributed by atoms with Gasteiger partial charge >= 0.3 is 0 Å². The molecule has 1 nitrogen and oxygen atoms in total. The standard InChI is InChI=1S/C25H51N/c1-19(22(8,9)18-23(10,11)20(2,3)4)17-26(16)25(14,15)24(12,13)21(5,6)7/h17H,18H2,1-16H3/b19-17+. The van der Waals surface area contributed by atoms with E-state index in [2.05, 4.69) is 122 Å². The molecule has 0 atom stereocenters. The van der Waals surface area contributed by atoms with E-state index in [4.69, 9.17) is 0 Å². The molecule has 0 fully saturated rings. The third-order valence-corrected chi connectivity index (χ3v) is 8.66. The van der Waals surface area contributed by atoms with E-state index in [0.717, 1.165) is 0 Å². The van der Waals surface area contributed by atoms with Crippen molar-refractivity contribution < 1.29 is 0 Å². The van der Waals surface area contributed by atoms with Crippen molar-refractivity contribution in [1.82, 2.24) is 4.90 Å². The van der Waals surface area contributed by atoms with Crippen LogP contribution >= 0.6 is 0 Å². The van der Waals surface area contributed by atoms with E-state index in [1.807, 2.05) is 0 Å². The molecule has 0 rings (SSSR count). The van der Waals surface area contributed by atoms with E-state index in [0.29, 0.717) is 5.41 Å². The van der Waals surface area contributed by atoms with Crippen molar-refractivity contribution in [2.45, 2.75) is 116 Å². The van der Waals surface area contributed by atoms with Crippen molar-refractivity contribution in [2.24, 2.45) is 27.1 Å². The SMILES string of the molecule is C/C(=C\N(C)C(C)(C)C(C)(C)C(C)(C)C)C(C)(C)CC(C)(C)C(C)(C)C. The highest BCUT2D eigenvalue weighted by atomic mass is 15.2. The van der Waals surface area contributed by atoms with Gasteiger partial charge in [-0.1, -0.05) is 88.7 Å². The molecule has 0 aromatic carbocycles. The fourth-order valence-electron chi connectivity index (χ4n) is 3.49. The first kappa shape index (κ1) is 25.5. The van der Waals surface area contributed by atoms with Gasteiger partial charge in [0.1, 0.15) is 0 Å². The van der Waals surface area contributed by atoms with Crippen LogP contribution in [-0.2, 0) is 0 Å². The Kier molecular flexibility index (Phi) is 7.05. The summed E-state index contributed by atoms with van der Waals surface area (Å²) in [4.78, 5) is 2.46. The Morgan fingerprint density at radius 1 is 0.692 bits per heavy atom. The molecule has 0 spiro atoms. The second-order valence-corrected chi connectivity index (χ2v) is 13.1. The molecule has 0 N–H and O–H groups in total. The van der Waals surface area contributed by atoms with Crippen LogP contribution in [0.5, 0.6) is 0 Å². The minimum atomic E-state index is 0.0577. The summed E-state index contributed by atoms with van der Waals surface area (Å²) in [5.41, 5.74) is 2.68. The molecule has 26 heavy (non-hydrogen) atoms. The first-order chi connectivity index (χ1) is 11.0. The Labute approximate surface area is 167 Å². The van der Waals surface area contributed by atoms with Gasteiger partial charge < -0.3 is 4.90 Å². The summed E-state index contributed by atoms with van der Waals surface area (Å²) < 4.78 is 0. The van der Waals surface area contributed by atoms with Crippen LogP contribution in [0.3, 0.4) is 0 Å². The summed E-state index contributed by atoms with van der Waals surface area (Å²) in [6, 6.07) is 0. The smallest absolute Gasteiger partial charge is 0.0393 e. The quantitative estimate of drug-likeness (QED) is 0.459. The highest BCUT2D eigenvalue weighted by molar-refractivity contribution is 5.13. The van der Waals surface area contributed by atoms with Gasteiger partial charge in [-0.2, -0.15) is 0 Å². The van der Waals surface area contributed by atoms with Crippen molar-refractivity contribution in [2.75, 3.05) is 7.05 Å². The van der Waals surface area contributed by atoms with Gasteiger partial charge in [0.15, 0.2) is 0 Å². The summed E-state index contributed by atoms with van der Waals surface area (Å²) in [5.74, 6) is 0. The Morgan fingerprint density at radius 3 is 1.38 bits per heavy atom. The molecular weight excluding hydrogens is 314 g/mol. The van der Waals surface area contributed by atoms with Gasteiger partial charge in [0.2, 0.25) is 0 Å². The summed E-state index contributed by atoms with van der Waals surface area (Å²) in [7, 11) is 2.25. The van der Waals surface area contributed by atoms with Crippen LogP contribution in [0.25, 0.3) is 0 Å². The summed E-state index contributed by atoms with van der Waals surface area (Å²) in [6.45, 7) is 35.7. The zero-order valence-corrected chi connectivity index (χ0v) is 21.2. The Hall–Kier alpha value is -0.460. The first-order valence-corrected chi connectivity index (χ1v) is 10.4. The highest BCUT2D eigenvalue weighted by Gasteiger charge is 2.47. The van der Waals surface area contributed by atoms with Crippen molar-refractivity contribution in [3.05, 3.63) is 11.8 Å². The Balaban J connectivity index is 5.73. The Morgan fingerprint density at radius 2 is 1.08 bits per heavy atom. The number of hydrogen-bond acceptors (Lipinski definition) is 1. The van der Waals surface area contributed by atoms with E-state index in [9.17, 15) is 0 Å². The maximum atomic E-state index is 2.46. The van der Waals surface area contributed by atoms with E-state index < -0.39 is 0 Å². The largest absolute Gasteiger partial charge is 0.375 e. The lowest BCUT2D eigenvalue weighted by Gasteiger charge is -2.55. The highest BCUT2D eigenvalue weighted by Crippen LogP contribution is 2.50. The van der Waals surface area contributed by atoms with Gasteiger partial charge in [-0.3, -0.25) is 0 Å². The zero-order chi connectivity index (χ0) is 21.6. The van der Waals surface area contributed by atoms with Gasteiger partial charge in [-0.15, -0.1) is 0 Å². The van der Waals surface area contributed by atoms with Gasteiger partial charge in [0, 0.05) is 12.6 Å². The van der Waals surface area contributed by atoms with Crippen LogP contribution in [0.4, 0.5) is 0 Å². The average Bonchev–Trinajstić information content (AvgIpc) is 2.33. The maximum Gasteiger partial charge on any atom is 0.0393 e. The molecule has 0 aromatic rings. The van der Waals surface area contributed by atoms with Crippen LogP contribution in [0.2, 0.25) is 0 Å². The van der Waals surface area contributed by atoms with Crippen LogP contribution < -0.4 is 0 Å². The van der Waals surface area contributed by atoms with Gasteiger partial charge in [0.05, 0.1) is 0 Å². The predicted octanol–water partition coefficient (Wildman–Crippen LogP) is 8.16. The van der Waals surface area contributed by atoms with Gasteiger partial charge in [-0.25, -0.2) is 0 Å². The van der Waals surface area contributed by atoms with E-state index in [1.165, 1.54) is 12.0 Å². The van der Waals surface area contributed by atoms with E-state index in [1.54, 1.807) is 0 Å². The van der Waals surface area contributed by atoms with Crippen molar-refractivity contribution in [3.8, 4) is 0 Å². The molecular formula is C25H51N. The molecule has 0 aliphatic carbocycles. The molecule has 0 saturated carbocycles. The molecule has 0 bridgehead atoms. The second kappa shape index (κ2) is 7.17. The number of hydrogen-bond donors (Lipinski definition) is 0. The van der Waals surface area contributed by atoms with Crippen LogP contribution in [0, 0.1) is 27.1 Å². The first-order valence-electron chi connectivity index (χ1n) is 10.4. The molecule has 0 aliphatic heterocycles. The topological polar surface area (TPSA) is 3.24 Å². The lowest BCUT2D eigenvalue weighted by atomic mass is 9.59. The van der Waals surface area contributed by atoms with Gasteiger partial charge in [-0.05, 0) is 60.5 Å². The van der Waals surface area contributed by atoms with Crippen molar-refractivity contribution in [1.29, 1.82) is 0 Å². The molecule has 0 saturated heterocycles. The molecule has 0 aliphatic rings. The van der Waals surface area contributed by atoms with Crippen LogP contribution in [0.15, 0.2) is 11.8 Å². The summed E-state index contributed by atoms with van der Waals surface area (Å²) in [6.07, 6.45) is 3.59. The number of rotatable bonds is 6. The van der Waals surface area contributed by atoms with Crippen LogP contribution in [0.1, 0.15) is 110 Å². The lowest BCUT2D eigenvalue weighted by molar-refractivity contribution is -0.0242. The molecule has 0 aromatic heterocycles. The molecule has 0 unspecified atom stereocenters. The van der Waals surface area contributed by atoms with Crippen molar-refractivity contribution >= 4 is 0 Å². The van der Waals surface area contributed by atoms with E-state index >= 15 is 0 Å². The normalized spacial score (nSPS) is 16.1. The third-order valence-electron chi connectivity index (χ3n) is 8.66. The maximum absolute atomic E-state index is 2.46. The molecule has 0 heterocycles. The minimum Gasteiger partial charge on any atom is -0.375 e. The summed E-state index contributed by atoms with van der Waals surface area (Å²) >= 11 is 0. The lowest BCUT2D eigenvalue weighted by Crippen LogP contribution is -2.55. The van der Waals surface area contributed by atoms with E-state index in [-0.39, 0.29) is 27.2 Å². The zero-order valence-electron chi connectivity index (χ0n) is 21.2.